The lowest BCUT2D eigenvalue weighted by molar-refractivity contribution is 0.953. The third-order valence-corrected chi connectivity index (χ3v) is 13.8. The minimum Gasteiger partial charge on any atom is -0.307 e. The zero-order valence-corrected chi connectivity index (χ0v) is 36.8. The van der Waals surface area contributed by atoms with E-state index in [4.69, 9.17) is 15.0 Å². The van der Waals surface area contributed by atoms with Gasteiger partial charge in [-0.3, -0.25) is 4.57 Å². The first-order valence-electron chi connectivity index (χ1n) is 23.1. The summed E-state index contributed by atoms with van der Waals surface area (Å²) in [6, 6.07) is 84.5. The normalized spacial score (nSPS) is 11.8. The molecule has 3 heterocycles. The summed E-state index contributed by atoms with van der Waals surface area (Å²) in [7, 11) is 0. The summed E-state index contributed by atoms with van der Waals surface area (Å²) in [6.45, 7) is 0. The summed E-state index contributed by atoms with van der Waals surface area (Å²) < 4.78 is 4.78. The topological polar surface area (TPSA) is 48.5 Å². The van der Waals surface area contributed by atoms with E-state index in [9.17, 15) is 0 Å². The van der Waals surface area contributed by atoms with Gasteiger partial charge in [-0.2, -0.15) is 9.97 Å². The summed E-state index contributed by atoms with van der Waals surface area (Å²) >= 11 is 0. The summed E-state index contributed by atoms with van der Waals surface area (Å²) in [5.74, 6) is 1.75. The van der Waals surface area contributed by atoms with Crippen molar-refractivity contribution in [2.75, 3.05) is 0 Å². The Morgan fingerprint density at radius 3 is 1.12 bits per heavy atom. The number of rotatable bonds is 6. The van der Waals surface area contributed by atoms with Crippen LogP contribution in [0, 0.1) is 0 Å². The standard InChI is InChI=1S/C63H39N5/c1-3-16-40(17-4-1)42-30-34-44(35-31-42)61-64-62(45-36-32-43(33-37-45)41-18-5-2-6-19-41)66-63(65-61)68-56-28-14-12-24-50(56)54-39-38-53-49-23-11-13-27-55(49)67(59(53)60(54)68)57-29-15-26-52-48-21-8-7-20-46(48)47-22-9-10-25-51(47)58(52)57/h1-39H. The molecule has 0 saturated heterocycles. The number of hydrogen-bond acceptors (Lipinski definition) is 3. The van der Waals surface area contributed by atoms with Gasteiger partial charge in [0.1, 0.15) is 0 Å². The molecule has 0 bridgehead atoms. The molecule has 5 heteroatoms. The average Bonchev–Trinajstić information content (AvgIpc) is 3.94. The van der Waals surface area contributed by atoms with Crippen LogP contribution in [0.15, 0.2) is 237 Å². The Bertz CT molecular complexity index is 4140. The Hall–Kier alpha value is -9.19. The summed E-state index contributed by atoms with van der Waals surface area (Å²) in [6.07, 6.45) is 0. The van der Waals surface area contributed by atoms with Crippen LogP contribution < -0.4 is 0 Å². The first-order valence-corrected chi connectivity index (χ1v) is 23.1. The Kier molecular flexibility index (Phi) is 8.52. The molecule has 0 unspecified atom stereocenters. The molecule has 0 aliphatic heterocycles. The lowest BCUT2D eigenvalue weighted by atomic mass is 9.93. The van der Waals surface area contributed by atoms with Crippen LogP contribution in [-0.4, -0.2) is 24.1 Å². The van der Waals surface area contributed by atoms with Gasteiger partial charge in [0, 0.05) is 38.1 Å². The van der Waals surface area contributed by atoms with E-state index in [0.717, 1.165) is 77.3 Å². The van der Waals surface area contributed by atoms with E-state index < -0.39 is 0 Å². The molecule has 0 aliphatic carbocycles. The second kappa shape index (κ2) is 15.2. The molecule has 0 N–H and O–H groups in total. The molecule has 0 spiro atoms. The fourth-order valence-electron chi connectivity index (χ4n) is 10.7. The van der Waals surface area contributed by atoms with Gasteiger partial charge in [0.25, 0.3) is 0 Å². The first kappa shape index (κ1) is 38.1. The second-order valence-electron chi connectivity index (χ2n) is 17.5. The molecule has 0 aliphatic rings. The highest BCUT2D eigenvalue weighted by Gasteiger charge is 2.25. The van der Waals surface area contributed by atoms with Gasteiger partial charge in [-0.15, -0.1) is 0 Å². The molecule has 11 aromatic carbocycles. The first-order chi connectivity index (χ1) is 33.7. The third-order valence-electron chi connectivity index (χ3n) is 13.8. The van der Waals surface area contributed by atoms with Crippen LogP contribution in [0.25, 0.3) is 133 Å². The minimum atomic E-state index is 0.550. The van der Waals surface area contributed by atoms with Crippen molar-refractivity contribution in [1.29, 1.82) is 0 Å². The van der Waals surface area contributed by atoms with Gasteiger partial charge in [0.05, 0.1) is 27.8 Å². The number of hydrogen-bond donors (Lipinski definition) is 0. The molecule has 0 atom stereocenters. The van der Waals surface area contributed by atoms with Gasteiger partial charge in [0.2, 0.25) is 5.95 Å². The molecule has 68 heavy (non-hydrogen) atoms. The Balaban J connectivity index is 1.09. The van der Waals surface area contributed by atoms with E-state index in [0.29, 0.717) is 17.6 Å². The third kappa shape index (κ3) is 5.86. The van der Waals surface area contributed by atoms with Gasteiger partial charge in [-0.25, -0.2) is 4.98 Å². The molecular weight excluding hydrogens is 827 g/mol. The van der Waals surface area contributed by atoms with Crippen LogP contribution in [0.2, 0.25) is 0 Å². The molecule has 14 aromatic rings. The number of aromatic nitrogens is 5. The van der Waals surface area contributed by atoms with E-state index in [1.807, 2.05) is 12.1 Å². The number of para-hydroxylation sites is 2. The zero-order valence-electron chi connectivity index (χ0n) is 36.8. The largest absolute Gasteiger partial charge is 0.307 e. The molecule has 0 saturated carbocycles. The van der Waals surface area contributed by atoms with E-state index in [1.54, 1.807) is 0 Å². The maximum absolute atomic E-state index is 5.46. The highest BCUT2D eigenvalue weighted by molar-refractivity contribution is 6.29. The van der Waals surface area contributed by atoms with Gasteiger partial charge in [-0.1, -0.05) is 218 Å². The van der Waals surface area contributed by atoms with Gasteiger partial charge in [0.15, 0.2) is 11.6 Å². The van der Waals surface area contributed by atoms with E-state index >= 15 is 0 Å². The Morgan fingerprint density at radius 1 is 0.235 bits per heavy atom. The van der Waals surface area contributed by atoms with Crippen molar-refractivity contribution in [2.45, 2.75) is 0 Å². The Morgan fingerprint density at radius 2 is 0.603 bits per heavy atom. The maximum atomic E-state index is 5.46. The number of fused-ring (bicyclic) bond motifs is 13. The number of benzene rings is 11. The van der Waals surface area contributed by atoms with Crippen LogP contribution in [0.3, 0.4) is 0 Å². The van der Waals surface area contributed by atoms with Crippen molar-refractivity contribution in [2.24, 2.45) is 0 Å². The molecule has 0 fully saturated rings. The second-order valence-corrected chi connectivity index (χ2v) is 17.5. The van der Waals surface area contributed by atoms with Crippen molar-refractivity contribution in [1.82, 2.24) is 24.1 Å². The zero-order chi connectivity index (χ0) is 44.7. The van der Waals surface area contributed by atoms with Gasteiger partial charge < -0.3 is 4.57 Å². The van der Waals surface area contributed by atoms with Gasteiger partial charge >= 0.3 is 0 Å². The quantitative estimate of drug-likeness (QED) is 0.156. The molecule has 0 amide bonds. The van der Waals surface area contributed by atoms with Crippen LogP contribution in [0.4, 0.5) is 0 Å². The van der Waals surface area contributed by atoms with E-state index in [-0.39, 0.29) is 0 Å². The highest BCUT2D eigenvalue weighted by atomic mass is 15.2. The fourth-order valence-corrected chi connectivity index (χ4v) is 10.7. The van der Waals surface area contributed by atoms with E-state index in [1.165, 1.54) is 37.7 Å². The van der Waals surface area contributed by atoms with Crippen LogP contribution in [0.5, 0.6) is 0 Å². The van der Waals surface area contributed by atoms with Crippen LogP contribution in [-0.2, 0) is 0 Å². The lowest BCUT2D eigenvalue weighted by Crippen LogP contribution is -2.07. The maximum Gasteiger partial charge on any atom is 0.238 e. The van der Waals surface area contributed by atoms with Crippen LogP contribution in [0.1, 0.15) is 0 Å². The molecule has 316 valence electrons. The predicted molar refractivity (Wildman–Crippen MR) is 283 cm³/mol. The van der Waals surface area contributed by atoms with Crippen molar-refractivity contribution < 1.29 is 0 Å². The smallest absolute Gasteiger partial charge is 0.238 e. The number of nitrogens with zero attached hydrogens (tertiary/aromatic N) is 5. The van der Waals surface area contributed by atoms with Crippen molar-refractivity contribution in [3.05, 3.63) is 237 Å². The summed E-state index contributed by atoms with van der Waals surface area (Å²) in [5.41, 5.74) is 11.8. The Labute approximate surface area is 391 Å². The lowest BCUT2D eigenvalue weighted by Gasteiger charge is -2.17. The predicted octanol–water partition coefficient (Wildman–Crippen LogP) is 16.2. The average molecular weight is 866 g/mol. The van der Waals surface area contributed by atoms with Crippen molar-refractivity contribution in [3.63, 3.8) is 0 Å². The molecular formula is C63H39N5. The minimum absolute atomic E-state index is 0.550. The monoisotopic (exact) mass is 865 g/mol. The van der Waals surface area contributed by atoms with Crippen molar-refractivity contribution >= 4 is 75.9 Å². The fraction of sp³-hybridized carbons (Fsp3) is 0. The molecule has 0 radical (unpaired) electrons. The SMILES string of the molecule is c1ccc(-c2ccc(-c3nc(-c4ccc(-c5ccccc5)cc4)nc(-n4c5ccccc5c5ccc6c7ccccc7n(-c7cccc8c9ccccc9c9ccccc9c78)c6c54)n3)cc2)cc1. The summed E-state index contributed by atoms with van der Waals surface area (Å²) in [4.78, 5) is 16.2. The van der Waals surface area contributed by atoms with Crippen molar-refractivity contribution in [3.8, 4) is 56.7 Å². The van der Waals surface area contributed by atoms with E-state index in [2.05, 4.69) is 234 Å². The molecule has 14 rings (SSSR count). The molecule has 3 aromatic heterocycles. The summed E-state index contributed by atoms with van der Waals surface area (Å²) in [5, 5.41) is 12.0. The van der Waals surface area contributed by atoms with Gasteiger partial charge in [-0.05, 0) is 67.4 Å². The van der Waals surface area contributed by atoms with Crippen LogP contribution >= 0.6 is 0 Å². The molecule has 5 nitrogen and oxygen atoms in total. The highest BCUT2D eigenvalue weighted by Crippen LogP contribution is 2.45.